The highest BCUT2D eigenvalue weighted by molar-refractivity contribution is 7.80. The van der Waals surface area contributed by atoms with Crippen LogP contribution in [0.15, 0.2) is 12.5 Å². The second kappa shape index (κ2) is 15.7. The molecule has 0 fully saturated rings. The van der Waals surface area contributed by atoms with Gasteiger partial charge in [-0.2, -0.15) is 12.6 Å². The fraction of sp³-hybridized carbons (Fsp3) is 0.600. The minimum Gasteiger partial charge on any atom is -0.480 e. The summed E-state index contributed by atoms with van der Waals surface area (Å²) in [5, 5.41) is 16.8. The van der Waals surface area contributed by atoms with E-state index in [1.54, 1.807) is 0 Å². The lowest BCUT2D eigenvalue weighted by Crippen LogP contribution is -2.57. The van der Waals surface area contributed by atoms with E-state index in [-0.39, 0.29) is 31.4 Å². The Hall–Kier alpha value is -3.17. The number of carboxylic acid groups (broad SMARTS) is 1. The summed E-state index contributed by atoms with van der Waals surface area (Å²) in [7, 11) is 0. The van der Waals surface area contributed by atoms with Crippen molar-refractivity contribution in [1.82, 2.24) is 25.9 Å². The number of imidazole rings is 1. The van der Waals surface area contributed by atoms with Crippen LogP contribution in [-0.2, 0) is 30.4 Å². The molecule has 15 heteroatoms. The van der Waals surface area contributed by atoms with Crippen molar-refractivity contribution in [3.05, 3.63) is 18.2 Å². The van der Waals surface area contributed by atoms with Gasteiger partial charge in [-0.05, 0) is 32.2 Å². The van der Waals surface area contributed by atoms with Crippen LogP contribution in [0.4, 0.5) is 0 Å². The quantitative estimate of drug-likeness (QED) is 0.0765. The van der Waals surface area contributed by atoms with Gasteiger partial charge >= 0.3 is 5.97 Å². The zero-order chi connectivity index (χ0) is 26.4. The van der Waals surface area contributed by atoms with Crippen LogP contribution in [-0.4, -0.2) is 81.1 Å². The number of nitrogens with one attached hydrogen (secondary N) is 4. The summed E-state index contributed by atoms with van der Waals surface area (Å²) in [5.41, 5.74) is 16.8. The Morgan fingerprint density at radius 1 is 1.00 bits per heavy atom. The number of rotatable bonds is 17. The number of nitrogens with zero attached hydrogens (tertiary/aromatic N) is 1. The Bertz CT molecular complexity index is 853. The van der Waals surface area contributed by atoms with Crippen molar-refractivity contribution in [2.45, 2.75) is 62.7 Å². The maximum absolute atomic E-state index is 13.1. The van der Waals surface area contributed by atoms with Gasteiger partial charge in [-0.3, -0.25) is 19.2 Å². The molecule has 0 bridgehead atoms. The predicted molar refractivity (Wildman–Crippen MR) is 129 cm³/mol. The zero-order valence-corrected chi connectivity index (χ0v) is 20.1. The lowest BCUT2D eigenvalue weighted by molar-refractivity contribution is -0.142. The Balaban J connectivity index is 3.02. The minimum absolute atomic E-state index is 0.0321. The summed E-state index contributed by atoms with van der Waals surface area (Å²) in [6, 6.07) is -4.56. The fourth-order valence-corrected chi connectivity index (χ4v) is 3.20. The van der Waals surface area contributed by atoms with Gasteiger partial charge in [-0.1, -0.05) is 0 Å². The van der Waals surface area contributed by atoms with E-state index >= 15 is 0 Å². The Morgan fingerprint density at radius 2 is 1.63 bits per heavy atom. The monoisotopic (exact) mass is 514 g/mol. The van der Waals surface area contributed by atoms with E-state index in [9.17, 15) is 29.1 Å². The molecule has 1 aromatic heterocycles. The van der Waals surface area contributed by atoms with Gasteiger partial charge < -0.3 is 43.2 Å². The first-order chi connectivity index (χ1) is 16.6. The number of unbranched alkanes of at least 4 members (excludes halogenated alkanes) is 1. The normalized spacial score (nSPS) is 14.3. The van der Waals surface area contributed by atoms with Crippen molar-refractivity contribution >= 4 is 42.2 Å². The SMILES string of the molecule is NCCCCC(NC(=O)C(Cc1cnc[nH]1)NC(=O)C(N)CS)C(=O)NC(CCC(N)=O)C(=O)O. The topological polar surface area (TPSA) is 248 Å². The van der Waals surface area contributed by atoms with Crippen LogP contribution in [0.5, 0.6) is 0 Å². The molecule has 14 nitrogen and oxygen atoms in total. The Labute approximate surface area is 207 Å². The van der Waals surface area contributed by atoms with Gasteiger partial charge in [0.05, 0.1) is 12.4 Å². The lowest BCUT2D eigenvalue weighted by atomic mass is 10.0. The van der Waals surface area contributed by atoms with Gasteiger partial charge in [-0.15, -0.1) is 0 Å². The highest BCUT2D eigenvalue weighted by atomic mass is 32.1. The average Bonchev–Trinajstić information content (AvgIpc) is 3.32. The number of aliphatic carboxylic acids is 1. The van der Waals surface area contributed by atoms with Gasteiger partial charge in [0.15, 0.2) is 0 Å². The summed E-state index contributed by atoms with van der Waals surface area (Å²) < 4.78 is 0. The van der Waals surface area contributed by atoms with Gasteiger partial charge in [0.1, 0.15) is 18.1 Å². The van der Waals surface area contributed by atoms with Crippen LogP contribution in [0.2, 0.25) is 0 Å². The first kappa shape index (κ1) is 29.9. The van der Waals surface area contributed by atoms with Crippen LogP contribution in [0.1, 0.15) is 37.8 Å². The molecular weight excluding hydrogens is 480 g/mol. The molecular formula is C20H34N8O6S. The van der Waals surface area contributed by atoms with Crippen molar-refractivity contribution in [1.29, 1.82) is 0 Å². The van der Waals surface area contributed by atoms with E-state index in [1.807, 2.05) is 0 Å². The lowest BCUT2D eigenvalue weighted by Gasteiger charge is -2.25. The van der Waals surface area contributed by atoms with Crippen molar-refractivity contribution in [2.75, 3.05) is 12.3 Å². The average molecular weight is 515 g/mol. The third kappa shape index (κ3) is 11.2. The molecule has 4 atom stereocenters. The number of hydrogen-bond donors (Lipinski definition) is 9. The molecule has 4 unspecified atom stereocenters. The van der Waals surface area contributed by atoms with Gasteiger partial charge in [-0.25, -0.2) is 9.78 Å². The number of carbonyl (C=O) groups is 5. The van der Waals surface area contributed by atoms with Crippen molar-refractivity contribution < 1.29 is 29.1 Å². The predicted octanol–water partition coefficient (Wildman–Crippen LogP) is -2.86. The third-order valence-electron chi connectivity index (χ3n) is 5.02. The van der Waals surface area contributed by atoms with E-state index in [0.717, 1.165) is 0 Å². The molecule has 11 N–H and O–H groups in total. The van der Waals surface area contributed by atoms with Gasteiger partial charge in [0.2, 0.25) is 23.6 Å². The standard InChI is InChI=1S/C20H34N8O6S/c21-6-2-1-3-13(18(31)27-14(20(33)34)4-5-16(23)29)26-19(32)15(7-11-8-24-10-25-11)28-17(30)12(22)9-35/h8,10,12-15,35H,1-7,9,21-22H2,(H2,23,29)(H,24,25)(H,26,32)(H,27,31)(H,28,30)(H,33,34). The van der Waals surface area contributed by atoms with Crippen LogP contribution < -0.4 is 33.2 Å². The zero-order valence-electron chi connectivity index (χ0n) is 19.2. The highest BCUT2D eigenvalue weighted by Crippen LogP contribution is 2.06. The number of thiol groups is 1. The number of aromatic amines is 1. The van der Waals surface area contributed by atoms with Crippen LogP contribution in [0.25, 0.3) is 0 Å². The number of H-pyrrole nitrogens is 1. The van der Waals surface area contributed by atoms with E-state index in [0.29, 0.717) is 25.1 Å². The molecule has 0 aromatic carbocycles. The number of hydrogen-bond acceptors (Lipinski definition) is 9. The number of carboxylic acids is 1. The maximum Gasteiger partial charge on any atom is 0.326 e. The van der Waals surface area contributed by atoms with E-state index in [1.165, 1.54) is 12.5 Å². The second-order valence-corrected chi connectivity index (χ2v) is 8.25. The second-order valence-electron chi connectivity index (χ2n) is 7.88. The molecule has 1 heterocycles. The first-order valence-corrected chi connectivity index (χ1v) is 11.7. The number of amides is 4. The van der Waals surface area contributed by atoms with Crippen LogP contribution in [0, 0.1) is 0 Å². The largest absolute Gasteiger partial charge is 0.480 e. The molecule has 1 aromatic rings. The summed E-state index contributed by atoms with van der Waals surface area (Å²) in [4.78, 5) is 67.5. The molecule has 196 valence electrons. The molecule has 0 aliphatic heterocycles. The molecule has 0 saturated heterocycles. The molecule has 4 amide bonds. The summed E-state index contributed by atoms with van der Waals surface area (Å²) in [5.74, 6) is -4.06. The van der Waals surface area contributed by atoms with E-state index in [4.69, 9.17) is 17.2 Å². The first-order valence-electron chi connectivity index (χ1n) is 11.0. The fourth-order valence-electron chi connectivity index (χ4n) is 3.04. The molecule has 0 saturated carbocycles. The molecule has 1 rings (SSSR count). The van der Waals surface area contributed by atoms with Crippen molar-refractivity contribution in [3.63, 3.8) is 0 Å². The number of nitrogens with two attached hydrogens (primary N) is 3. The molecule has 0 radical (unpaired) electrons. The van der Waals surface area contributed by atoms with E-state index < -0.39 is 53.8 Å². The third-order valence-corrected chi connectivity index (χ3v) is 5.41. The summed E-state index contributed by atoms with van der Waals surface area (Å²) in [6.07, 6.45) is 3.66. The Morgan fingerprint density at radius 3 is 2.17 bits per heavy atom. The summed E-state index contributed by atoms with van der Waals surface area (Å²) in [6.45, 7) is 0.360. The minimum atomic E-state index is -1.38. The maximum atomic E-state index is 13.1. The van der Waals surface area contributed by atoms with Crippen molar-refractivity contribution in [2.24, 2.45) is 17.2 Å². The molecule has 0 spiro atoms. The van der Waals surface area contributed by atoms with Crippen LogP contribution in [0.3, 0.4) is 0 Å². The van der Waals surface area contributed by atoms with E-state index in [2.05, 4.69) is 38.5 Å². The van der Waals surface area contributed by atoms with Crippen molar-refractivity contribution in [3.8, 4) is 0 Å². The molecule has 35 heavy (non-hydrogen) atoms. The van der Waals surface area contributed by atoms with Crippen LogP contribution >= 0.6 is 12.6 Å². The Kier molecular flexibility index (Phi) is 13.4. The van der Waals surface area contributed by atoms with Gasteiger partial charge in [0, 0.05) is 30.5 Å². The van der Waals surface area contributed by atoms with Gasteiger partial charge in [0.25, 0.3) is 0 Å². The number of primary amides is 1. The number of carbonyl (C=O) groups excluding carboxylic acids is 4. The summed E-state index contributed by atoms with van der Waals surface area (Å²) >= 11 is 3.98. The highest BCUT2D eigenvalue weighted by Gasteiger charge is 2.30. The number of aromatic nitrogens is 2. The molecule has 0 aliphatic carbocycles. The molecule has 0 aliphatic rings. The smallest absolute Gasteiger partial charge is 0.326 e.